The molecule has 0 N–H and O–H groups in total. The molecule has 1 aliphatic heterocycles. The van der Waals surface area contributed by atoms with E-state index >= 15 is 0 Å². The molecule has 1 saturated heterocycles. The Kier molecular flexibility index (Phi) is 5.84. The Balaban J connectivity index is 2.03. The molecule has 2 atom stereocenters. The van der Waals surface area contributed by atoms with E-state index in [-0.39, 0.29) is 36.1 Å². The van der Waals surface area contributed by atoms with E-state index in [9.17, 15) is 13.2 Å². The third-order valence-electron chi connectivity index (χ3n) is 4.30. The maximum Gasteiger partial charge on any atom is 0.261 e. The SMILES string of the molecule is CC[C@H](C)N(C(=O)COc1ccc(C#N)cc1)[C@@H]1CCS(=O)(=O)C1. The van der Waals surface area contributed by atoms with Gasteiger partial charge < -0.3 is 9.64 Å². The summed E-state index contributed by atoms with van der Waals surface area (Å²) >= 11 is 0. The number of nitrogens with zero attached hydrogens (tertiary/aromatic N) is 2. The smallest absolute Gasteiger partial charge is 0.261 e. The summed E-state index contributed by atoms with van der Waals surface area (Å²) in [5, 5.41) is 8.77. The Hall–Kier alpha value is -2.07. The molecule has 0 radical (unpaired) electrons. The summed E-state index contributed by atoms with van der Waals surface area (Å²) in [6.07, 6.45) is 1.23. The molecule has 0 aromatic heterocycles. The van der Waals surface area contributed by atoms with Crippen LogP contribution in [-0.2, 0) is 14.6 Å². The van der Waals surface area contributed by atoms with Crippen LogP contribution in [0.2, 0.25) is 0 Å². The van der Waals surface area contributed by atoms with Gasteiger partial charge in [0.1, 0.15) is 5.75 Å². The fraction of sp³-hybridized carbons (Fsp3) is 0.529. The fourth-order valence-electron chi connectivity index (χ4n) is 2.85. The normalized spacial score (nSPS) is 20.1. The summed E-state index contributed by atoms with van der Waals surface area (Å²) in [5.74, 6) is 0.454. The van der Waals surface area contributed by atoms with Crippen LogP contribution in [0.1, 0.15) is 32.3 Å². The lowest BCUT2D eigenvalue weighted by Gasteiger charge is -2.33. The fourth-order valence-corrected chi connectivity index (χ4v) is 4.56. The van der Waals surface area contributed by atoms with Gasteiger partial charge in [-0.25, -0.2) is 8.42 Å². The van der Waals surface area contributed by atoms with Crippen molar-refractivity contribution in [2.45, 2.75) is 38.8 Å². The first-order valence-electron chi connectivity index (χ1n) is 8.01. The highest BCUT2D eigenvalue weighted by Crippen LogP contribution is 2.22. The first-order valence-corrected chi connectivity index (χ1v) is 9.83. The molecule has 1 heterocycles. The second kappa shape index (κ2) is 7.67. The van der Waals surface area contributed by atoms with Gasteiger partial charge in [0.25, 0.3) is 5.91 Å². The van der Waals surface area contributed by atoms with E-state index in [4.69, 9.17) is 10.00 Å². The second-order valence-electron chi connectivity index (χ2n) is 6.04. The van der Waals surface area contributed by atoms with Gasteiger partial charge in [0, 0.05) is 12.1 Å². The number of rotatable bonds is 6. The third-order valence-corrected chi connectivity index (χ3v) is 6.05. The average molecular weight is 350 g/mol. The highest BCUT2D eigenvalue weighted by molar-refractivity contribution is 7.91. The third kappa shape index (κ3) is 4.48. The van der Waals surface area contributed by atoms with Crippen molar-refractivity contribution in [3.05, 3.63) is 29.8 Å². The van der Waals surface area contributed by atoms with Crippen molar-refractivity contribution in [3.8, 4) is 11.8 Å². The van der Waals surface area contributed by atoms with Crippen LogP contribution in [0.3, 0.4) is 0 Å². The molecule has 0 saturated carbocycles. The van der Waals surface area contributed by atoms with Crippen molar-refractivity contribution in [2.24, 2.45) is 0 Å². The number of ether oxygens (including phenoxy) is 1. The molecule has 2 rings (SSSR count). The first kappa shape index (κ1) is 18.3. The van der Waals surface area contributed by atoms with Crippen LogP contribution in [0.15, 0.2) is 24.3 Å². The van der Waals surface area contributed by atoms with Gasteiger partial charge in [-0.15, -0.1) is 0 Å². The van der Waals surface area contributed by atoms with Gasteiger partial charge in [-0.2, -0.15) is 5.26 Å². The molecule has 1 fully saturated rings. The summed E-state index contributed by atoms with van der Waals surface area (Å²) in [6.45, 7) is 3.74. The quantitative estimate of drug-likeness (QED) is 0.780. The van der Waals surface area contributed by atoms with Gasteiger partial charge in [0.05, 0.1) is 23.1 Å². The molecule has 1 aliphatic rings. The molecule has 130 valence electrons. The van der Waals surface area contributed by atoms with Crippen LogP contribution in [0.5, 0.6) is 5.75 Å². The number of sulfone groups is 1. The lowest BCUT2D eigenvalue weighted by molar-refractivity contribution is -0.137. The average Bonchev–Trinajstić information content (AvgIpc) is 2.92. The molecule has 7 heteroatoms. The summed E-state index contributed by atoms with van der Waals surface area (Å²) < 4.78 is 29.0. The van der Waals surface area contributed by atoms with Crippen LogP contribution in [0.4, 0.5) is 0 Å². The van der Waals surface area contributed by atoms with E-state index in [0.717, 1.165) is 6.42 Å². The number of hydrogen-bond acceptors (Lipinski definition) is 5. The van der Waals surface area contributed by atoms with Crippen LogP contribution >= 0.6 is 0 Å². The molecule has 1 amide bonds. The van der Waals surface area contributed by atoms with Crippen LogP contribution in [-0.4, -0.2) is 49.4 Å². The van der Waals surface area contributed by atoms with E-state index in [0.29, 0.717) is 17.7 Å². The minimum absolute atomic E-state index is 0.0277. The van der Waals surface area contributed by atoms with E-state index in [1.165, 1.54) is 0 Å². The zero-order valence-electron chi connectivity index (χ0n) is 13.9. The Morgan fingerprint density at radius 1 is 1.42 bits per heavy atom. The van der Waals surface area contributed by atoms with Crippen molar-refractivity contribution in [1.82, 2.24) is 4.90 Å². The van der Waals surface area contributed by atoms with E-state index in [2.05, 4.69) is 0 Å². The number of amides is 1. The maximum atomic E-state index is 12.6. The first-order chi connectivity index (χ1) is 11.4. The van der Waals surface area contributed by atoms with E-state index in [1.54, 1.807) is 29.2 Å². The van der Waals surface area contributed by atoms with Crippen LogP contribution in [0.25, 0.3) is 0 Å². The molecule has 0 unspecified atom stereocenters. The van der Waals surface area contributed by atoms with Gasteiger partial charge >= 0.3 is 0 Å². The predicted molar refractivity (Wildman–Crippen MR) is 90.3 cm³/mol. The number of nitriles is 1. The Labute approximate surface area is 142 Å². The lowest BCUT2D eigenvalue weighted by Crippen LogP contribution is -2.48. The summed E-state index contributed by atoms with van der Waals surface area (Å²) in [6, 6.07) is 8.22. The minimum Gasteiger partial charge on any atom is -0.484 e. The molecule has 1 aromatic rings. The second-order valence-corrected chi connectivity index (χ2v) is 8.27. The highest BCUT2D eigenvalue weighted by Gasteiger charge is 2.36. The lowest BCUT2D eigenvalue weighted by atomic mass is 10.1. The van der Waals surface area contributed by atoms with Gasteiger partial charge in [-0.05, 0) is 44.0 Å². The van der Waals surface area contributed by atoms with E-state index < -0.39 is 9.84 Å². The van der Waals surface area contributed by atoms with Crippen molar-refractivity contribution < 1.29 is 17.9 Å². The van der Waals surface area contributed by atoms with Crippen LogP contribution in [0, 0.1) is 11.3 Å². The van der Waals surface area contributed by atoms with E-state index in [1.807, 2.05) is 19.9 Å². The van der Waals surface area contributed by atoms with Crippen molar-refractivity contribution in [1.29, 1.82) is 5.26 Å². The predicted octanol–water partition coefficient (Wildman–Crippen LogP) is 1.75. The molecule has 6 nitrogen and oxygen atoms in total. The van der Waals surface area contributed by atoms with Crippen molar-refractivity contribution >= 4 is 15.7 Å². The monoisotopic (exact) mass is 350 g/mol. The Morgan fingerprint density at radius 2 is 2.08 bits per heavy atom. The zero-order chi connectivity index (χ0) is 17.7. The number of carbonyl (C=O) groups excluding carboxylic acids is 1. The number of hydrogen-bond donors (Lipinski definition) is 0. The number of benzene rings is 1. The highest BCUT2D eigenvalue weighted by atomic mass is 32.2. The molecule has 0 aliphatic carbocycles. The summed E-state index contributed by atoms with van der Waals surface area (Å²) in [7, 11) is -3.06. The number of carbonyl (C=O) groups is 1. The topological polar surface area (TPSA) is 87.5 Å². The molecular formula is C17H22N2O4S. The van der Waals surface area contributed by atoms with Gasteiger partial charge in [-0.1, -0.05) is 6.92 Å². The minimum atomic E-state index is -3.06. The Bertz CT molecular complexity index is 722. The van der Waals surface area contributed by atoms with Crippen molar-refractivity contribution in [2.75, 3.05) is 18.1 Å². The zero-order valence-corrected chi connectivity index (χ0v) is 14.8. The largest absolute Gasteiger partial charge is 0.484 e. The Morgan fingerprint density at radius 3 is 2.58 bits per heavy atom. The molecule has 0 bridgehead atoms. The van der Waals surface area contributed by atoms with Gasteiger partial charge in [-0.3, -0.25) is 4.79 Å². The molecule has 0 spiro atoms. The molecule has 1 aromatic carbocycles. The molecule has 24 heavy (non-hydrogen) atoms. The standard InChI is InChI=1S/C17H22N2O4S/c1-3-13(2)19(15-8-9-24(21,22)12-15)17(20)11-23-16-6-4-14(10-18)5-7-16/h4-7,13,15H,3,8-9,11-12H2,1-2H3/t13-,15+/m0/s1. The van der Waals surface area contributed by atoms with Gasteiger partial charge in [0.15, 0.2) is 16.4 Å². The summed E-state index contributed by atoms with van der Waals surface area (Å²) in [5.41, 5.74) is 0.520. The maximum absolute atomic E-state index is 12.6. The molecular weight excluding hydrogens is 328 g/mol. The van der Waals surface area contributed by atoms with Crippen LogP contribution < -0.4 is 4.74 Å². The van der Waals surface area contributed by atoms with Crippen molar-refractivity contribution in [3.63, 3.8) is 0 Å². The van der Waals surface area contributed by atoms with Gasteiger partial charge in [0.2, 0.25) is 0 Å². The summed E-state index contributed by atoms with van der Waals surface area (Å²) in [4.78, 5) is 14.3.